The molecule has 3 rings (SSSR count). The van der Waals surface area contributed by atoms with Gasteiger partial charge in [0.15, 0.2) is 0 Å². The molecule has 152 valence electrons. The molecule has 0 atom stereocenters. The van der Waals surface area contributed by atoms with Gasteiger partial charge in [0.2, 0.25) is 0 Å². The van der Waals surface area contributed by atoms with Crippen molar-refractivity contribution in [2.45, 2.75) is 116 Å². The number of hydrogen-bond donors (Lipinski definition) is 3. The smallest absolute Gasteiger partial charge is 0.124 e. The molecule has 2 aliphatic carbocycles. The molecule has 2 fully saturated rings. The Bertz CT molecular complexity index is 550. The van der Waals surface area contributed by atoms with E-state index in [9.17, 15) is 5.11 Å². The van der Waals surface area contributed by atoms with E-state index >= 15 is 0 Å². The topological polar surface area (TPSA) is 44.3 Å². The zero-order chi connectivity index (χ0) is 19.3. The van der Waals surface area contributed by atoms with Gasteiger partial charge in [-0.15, -0.1) is 0 Å². The minimum Gasteiger partial charge on any atom is -0.507 e. The van der Waals surface area contributed by atoms with E-state index in [0.29, 0.717) is 17.8 Å². The van der Waals surface area contributed by atoms with Crippen molar-refractivity contribution < 1.29 is 5.11 Å². The fourth-order valence-corrected chi connectivity index (χ4v) is 4.58. The number of hydrogen-bond acceptors (Lipinski definition) is 3. The number of phenolic OH excluding ortho intramolecular Hbond substituents is 1. The molecule has 1 aromatic rings. The Balaban J connectivity index is 1.72. The summed E-state index contributed by atoms with van der Waals surface area (Å²) in [7, 11) is 0. The molecule has 0 aliphatic heterocycles. The monoisotopic (exact) mass is 372 g/mol. The van der Waals surface area contributed by atoms with Crippen molar-refractivity contribution in [3.8, 4) is 5.75 Å². The molecule has 0 saturated heterocycles. The van der Waals surface area contributed by atoms with E-state index in [1.807, 2.05) is 0 Å². The van der Waals surface area contributed by atoms with E-state index in [0.717, 1.165) is 24.2 Å². The summed E-state index contributed by atoms with van der Waals surface area (Å²) in [5.41, 5.74) is 3.54. The minimum atomic E-state index is 0.0902. The molecule has 3 heteroatoms. The van der Waals surface area contributed by atoms with Gasteiger partial charge in [0, 0.05) is 36.3 Å². The lowest BCUT2D eigenvalue weighted by molar-refractivity contribution is 0.363. The molecule has 0 aromatic heterocycles. The lowest BCUT2D eigenvalue weighted by Gasteiger charge is -2.27. The zero-order valence-corrected chi connectivity index (χ0v) is 17.7. The van der Waals surface area contributed by atoms with E-state index in [4.69, 9.17) is 0 Å². The molecule has 0 unspecified atom stereocenters. The predicted octanol–water partition coefficient (Wildman–Crippen LogP) is 5.53. The first-order valence-electron chi connectivity index (χ1n) is 11.3. The largest absolute Gasteiger partial charge is 0.507 e. The molecule has 1 aromatic carbocycles. The van der Waals surface area contributed by atoms with Crippen molar-refractivity contribution in [3.05, 3.63) is 28.8 Å². The van der Waals surface area contributed by atoms with Gasteiger partial charge in [-0.05, 0) is 36.7 Å². The van der Waals surface area contributed by atoms with Crippen LogP contribution in [0.4, 0.5) is 0 Å². The average molecular weight is 373 g/mol. The minimum absolute atomic E-state index is 0.0902. The molecule has 0 spiro atoms. The van der Waals surface area contributed by atoms with Crippen molar-refractivity contribution >= 4 is 0 Å². The fraction of sp³-hybridized carbons (Fsp3) is 0.750. The Kier molecular flexibility index (Phi) is 7.22. The average Bonchev–Trinajstić information content (AvgIpc) is 2.67. The van der Waals surface area contributed by atoms with Crippen LogP contribution in [0.3, 0.4) is 0 Å². The van der Waals surface area contributed by atoms with Gasteiger partial charge in [0.25, 0.3) is 0 Å². The van der Waals surface area contributed by atoms with E-state index in [1.165, 1.54) is 69.8 Å². The van der Waals surface area contributed by atoms with Crippen molar-refractivity contribution in [2.24, 2.45) is 0 Å². The Morgan fingerprint density at radius 3 is 1.56 bits per heavy atom. The summed E-state index contributed by atoms with van der Waals surface area (Å²) >= 11 is 0. The number of phenols is 1. The molecular weight excluding hydrogens is 332 g/mol. The maximum atomic E-state index is 11.0. The molecule has 2 saturated carbocycles. The Morgan fingerprint density at radius 1 is 0.778 bits per heavy atom. The second-order valence-electron chi connectivity index (χ2n) is 9.82. The van der Waals surface area contributed by atoms with Gasteiger partial charge in [-0.1, -0.05) is 71.4 Å². The second-order valence-corrected chi connectivity index (χ2v) is 9.82. The highest BCUT2D eigenvalue weighted by Gasteiger charge is 2.21. The SMILES string of the molecule is CC(C)(C)c1cc(CNC2CCCCC2)c(O)c(CNC2CCCCC2)c1. The molecule has 3 N–H and O–H groups in total. The highest BCUT2D eigenvalue weighted by molar-refractivity contribution is 5.45. The molecular formula is C24H40N2O. The van der Waals surface area contributed by atoms with Crippen LogP contribution < -0.4 is 10.6 Å². The Hall–Kier alpha value is -1.06. The van der Waals surface area contributed by atoms with Crippen molar-refractivity contribution in [1.29, 1.82) is 0 Å². The van der Waals surface area contributed by atoms with Crippen LogP contribution in [0, 0.1) is 0 Å². The van der Waals surface area contributed by atoms with Gasteiger partial charge >= 0.3 is 0 Å². The first-order chi connectivity index (χ1) is 12.9. The number of rotatable bonds is 6. The molecule has 27 heavy (non-hydrogen) atoms. The molecule has 0 amide bonds. The van der Waals surface area contributed by atoms with Crippen LogP contribution in [0.15, 0.2) is 12.1 Å². The highest BCUT2D eigenvalue weighted by atomic mass is 16.3. The van der Waals surface area contributed by atoms with Crippen LogP contribution in [0.25, 0.3) is 0 Å². The van der Waals surface area contributed by atoms with Crippen molar-refractivity contribution in [3.63, 3.8) is 0 Å². The predicted molar refractivity (Wildman–Crippen MR) is 114 cm³/mol. The molecule has 0 heterocycles. The number of benzene rings is 1. The lowest BCUT2D eigenvalue weighted by Crippen LogP contribution is -2.31. The Morgan fingerprint density at radius 2 is 1.19 bits per heavy atom. The van der Waals surface area contributed by atoms with Crippen LogP contribution in [0.1, 0.15) is 102 Å². The van der Waals surface area contributed by atoms with Gasteiger partial charge in [-0.3, -0.25) is 0 Å². The molecule has 0 radical (unpaired) electrons. The molecule has 0 bridgehead atoms. The lowest BCUT2D eigenvalue weighted by atomic mass is 9.84. The van der Waals surface area contributed by atoms with E-state index < -0.39 is 0 Å². The van der Waals surface area contributed by atoms with Gasteiger partial charge in [-0.2, -0.15) is 0 Å². The standard InChI is InChI=1S/C24H40N2O/c1-24(2,3)20-14-18(16-25-21-10-6-4-7-11-21)23(27)19(15-20)17-26-22-12-8-5-9-13-22/h14-15,21-22,25-27H,4-13,16-17H2,1-3H3. The maximum Gasteiger partial charge on any atom is 0.124 e. The third kappa shape index (κ3) is 5.96. The quantitative estimate of drug-likeness (QED) is 0.615. The third-order valence-electron chi connectivity index (χ3n) is 6.51. The molecule has 2 aliphatic rings. The summed E-state index contributed by atoms with van der Waals surface area (Å²) in [5, 5.41) is 18.4. The van der Waals surface area contributed by atoms with Gasteiger partial charge in [-0.25, -0.2) is 0 Å². The van der Waals surface area contributed by atoms with E-state index in [2.05, 4.69) is 43.5 Å². The maximum absolute atomic E-state index is 11.0. The first kappa shape index (κ1) is 20.7. The summed E-state index contributed by atoms with van der Waals surface area (Å²) in [6.07, 6.45) is 13.2. The Labute approximate surface area is 166 Å². The summed E-state index contributed by atoms with van der Waals surface area (Å²) in [6, 6.07) is 5.66. The van der Waals surface area contributed by atoms with Crippen molar-refractivity contribution in [2.75, 3.05) is 0 Å². The van der Waals surface area contributed by atoms with Crippen LogP contribution in [0.5, 0.6) is 5.75 Å². The first-order valence-corrected chi connectivity index (χ1v) is 11.3. The third-order valence-corrected chi connectivity index (χ3v) is 6.51. The van der Waals surface area contributed by atoms with E-state index in [1.54, 1.807) is 0 Å². The van der Waals surface area contributed by atoms with Crippen LogP contribution in [-0.2, 0) is 18.5 Å². The van der Waals surface area contributed by atoms with Gasteiger partial charge in [0.05, 0.1) is 0 Å². The van der Waals surface area contributed by atoms with Gasteiger partial charge < -0.3 is 15.7 Å². The molecule has 3 nitrogen and oxygen atoms in total. The highest BCUT2D eigenvalue weighted by Crippen LogP contribution is 2.32. The fourth-order valence-electron chi connectivity index (χ4n) is 4.58. The number of nitrogens with one attached hydrogen (secondary N) is 2. The zero-order valence-electron chi connectivity index (χ0n) is 17.7. The second kappa shape index (κ2) is 9.43. The van der Waals surface area contributed by atoms with Crippen LogP contribution in [0.2, 0.25) is 0 Å². The van der Waals surface area contributed by atoms with Crippen LogP contribution in [-0.4, -0.2) is 17.2 Å². The summed E-state index contributed by atoms with van der Waals surface area (Å²) in [4.78, 5) is 0. The van der Waals surface area contributed by atoms with Crippen LogP contribution >= 0.6 is 0 Å². The summed E-state index contributed by atoms with van der Waals surface area (Å²) in [6.45, 7) is 8.33. The van der Waals surface area contributed by atoms with Crippen molar-refractivity contribution in [1.82, 2.24) is 10.6 Å². The summed E-state index contributed by atoms with van der Waals surface area (Å²) < 4.78 is 0. The van der Waals surface area contributed by atoms with Gasteiger partial charge in [0.1, 0.15) is 5.75 Å². The normalized spacial score (nSPS) is 20.1. The van der Waals surface area contributed by atoms with E-state index in [-0.39, 0.29) is 5.41 Å². The summed E-state index contributed by atoms with van der Waals surface area (Å²) in [5.74, 6) is 0.495. The number of aromatic hydroxyl groups is 1.